The molecule has 0 radical (unpaired) electrons. The smallest absolute Gasteiger partial charge is 0.478 e. The van der Waals surface area contributed by atoms with Crippen molar-refractivity contribution in [1.29, 1.82) is 0 Å². The van der Waals surface area contributed by atoms with Crippen LogP contribution in [0.25, 0.3) is 5.57 Å². The number of carbonyl (C=O) groups is 1. The Bertz CT molecular complexity index is 822. The maximum Gasteiger partial charge on any atom is 0.573 e. The molecule has 0 unspecified atom stereocenters. The van der Waals surface area contributed by atoms with Crippen molar-refractivity contribution in [3.05, 3.63) is 70.8 Å². The molecule has 1 aliphatic rings. The summed E-state index contributed by atoms with van der Waals surface area (Å²) in [4.78, 5) is 11.2. The molecule has 0 heterocycles. The second-order valence-corrected chi connectivity index (χ2v) is 5.38. The van der Waals surface area contributed by atoms with Gasteiger partial charge in [0.05, 0.1) is 5.56 Å². The summed E-state index contributed by atoms with van der Waals surface area (Å²) in [6.45, 7) is 0. The number of halogens is 3. The van der Waals surface area contributed by atoms with Crippen LogP contribution in [0.15, 0.2) is 48.5 Å². The molecule has 1 N–H and O–H groups in total. The fourth-order valence-corrected chi connectivity index (χ4v) is 2.82. The highest BCUT2D eigenvalue weighted by atomic mass is 19.4. The Balaban J connectivity index is 2.11. The van der Waals surface area contributed by atoms with E-state index in [9.17, 15) is 18.0 Å². The van der Waals surface area contributed by atoms with E-state index in [-0.39, 0.29) is 11.3 Å². The average molecular weight is 334 g/mol. The highest BCUT2D eigenvalue weighted by molar-refractivity contribution is 5.92. The van der Waals surface area contributed by atoms with Crippen molar-refractivity contribution in [2.24, 2.45) is 0 Å². The molecule has 0 saturated heterocycles. The Morgan fingerprint density at radius 1 is 1.08 bits per heavy atom. The Morgan fingerprint density at radius 3 is 2.54 bits per heavy atom. The average Bonchev–Trinajstić information content (AvgIpc) is 2.53. The van der Waals surface area contributed by atoms with Crippen molar-refractivity contribution in [3.63, 3.8) is 0 Å². The van der Waals surface area contributed by atoms with Crippen LogP contribution in [0.4, 0.5) is 13.2 Å². The minimum atomic E-state index is -4.79. The summed E-state index contributed by atoms with van der Waals surface area (Å²) in [5.74, 6) is -1.38. The Morgan fingerprint density at radius 2 is 1.83 bits per heavy atom. The number of carboxylic acid groups (broad SMARTS) is 1. The number of aromatic carboxylic acids is 1. The Hall–Kier alpha value is -2.76. The van der Waals surface area contributed by atoms with Gasteiger partial charge in [0.15, 0.2) is 0 Å². The lowest BCUT2D eigenvalue weighted by Gasteiger charge is -2.21. The lowest BCUT2D eigenvalue weighted by Crippen LogP contribution is -2.18. The predicted octanol–water partition coefficient (Wildman–Crippen LogP) is 4.66. The minimum Gasteiger partial charge on any atom is -0.478 e. The zero-order valence-corrected chi connectivity index (χ0v) is 12.4. The zero-order valence-electron chi connectivity index (χ0n) is 12.4. The molecule has 0 aliphatic heterocycles. The van der Waals surface area contributed by atoms with Gasteiger partial charge in [-0.3, -0.25) is 0 Å². The number of fused-ring (bicyclic) bond motifs is 1. The largest absolute Gasteiger partial charge is 0.573 e. The van der Waals surface area contributed by atoms with Gasteiger partial charge in [0, 0.05) is 5.56 Å². The van der Waals surface area contributed by atoms with Crippen molar-refractivity contribution in [2.45, 2.75) is 19.2 Å². The van der Waals surface area contributed by atoms with Crippen LogP contribution in [0.5, 0.6) is 5.75 Å². The lowest BCUT2D eigenvalue weighted by atomic mass is 9.85. The third-order valence-electron chi connectivity index (χ3n) is 3.81. The van der Waals surface area contributed by atoms with Gasteiger partial charge in [0.1, 0.15) is 5.75 Å². The fraction of sp³-hybridized carbons (Fsp3) is 0.167. The topological polar surface area (TPSA) is 46.5 Å². The molecule has 0 spiro atoms. The van der Waals surface area contributed by atoms with Gasteiger partial charge >= 0.3 is 12.3 Å². The van der Waals surface area contributed by atoms with Gasteiger partial charge in [-0.15, -0.1) is 13.2 Å². The van der Waals surface area contributed by atoms with E-state index in [4.69, 9.17) is 5.11 Å². The van der Waals surface area contributed by atoms with E-state index < -0.39 is 12.3 Å². The molecule has 0 saturated carbocycles. The molecule has 1 aliphatic carbocycles. The molecule has 0 amide bonds. The molecule has 124 valence electrons. The first-order valence-corrected chi connectivity index (χ1v) is 7.27. The van der Waals surface area contributed by atoms with Crippen LogP contribution in [0.2, 0.25) is 0 Å². The summed E-state index contributed by atoms with van der Waals surface area (Å²) in [7, 11) is 0. The van der Waals surface area contributed by atoms with Crippen molar-refractivity contribution in [2.75, 3.05) is 0 Å². The molecule has 2 aromatic carbocycles. The van der Waals surface area contributed by atoms with E-state index in [1.807, 2.05) is 6.08 Å². The van der Waals surface area contributed by atoms with Crippen molar-refractivity contribution < 1.29 is 27.8 Å². The number of carboxylic acids is 1. The molecule has 24 heavy (non-hydrogen) atoms. The number of ether oxygens (including phenoxy) is 1. The van der Waals surface area contributed by atoms with Gasteiger partial charge in [0.2, 0.25) is 0 Å². The maximum atomic E-state index is 12.6. The first-order chi connectivity index (χ1) is 11.3. The van der Waals surface area contributed by atoms with Crippen molar-refractivity contribution in [3.8, 4) is 5.75 Å². The summed E-state index contributed by atoms with van der Waals surface area (Å²) < 4.78 is 42.0. The van der Waals surface area contributed by atoms with Gasteiger partial charge in [0.25, 0.3) is 0 Å². The standard InChI is InChI=1S/C18H13F3O3/c19-18(20,21)24-16-7-2-1-5-14(16)13-6-3-4-11-8-9-12(17(22)23)10-15(11)13/h1-2,5-10H,3-4H2,(H,22,23). The van der Waals surface area contributed by atoms with E-state index in [0.717, 1.165) is 5.56 Å². The lowest BCUT2D eigenvalue weighted by molar-refractivity contribution is -0.274. The van der Waals surface area contributed by atoms with Crippen LogP contribution in [0, 0.1) is 0 Å². The monoisotopic (exact) mass is 334 g/mol. The predicted molar refractivity (Wildman–Crippen MR) is 81.9 cm³/mol. The van der Waals surface area contributed by atoms with Crippen LogP contribution in [0.1, 0.15) is 33.5 Å². The highest BCUT2D eigenvalue weighted by Gasteiger charge is 2.32. The number of para-hydroxylation sites is 1. The van der Waals surface area contributed by atoms with Crippen LogP contribution < -0.4 is 4.74 Å². The van der Waals surface area contributed by atoms with Gasteiger partial charge in [-0.05, 0) is 47.7 Å². The summed E-state index contributed by atoms with van der Waals surface area (Å²) in [6.07, 6.45) is -1.61. The van der Waals surface area contributed by atoms with Crippen molar-refractivity contribution >= 4 is 11.5 Å². The SMILES string of the molecule is O=C(O)c1ccc2c(c1)C(c1ccccc1OC(F)(F)F)=CCC2. The van der Waals surface area contributed by atoms with Gasteiger partial charge < -0.3 is 9.84 Å². The molecule has 0 bridgehead atoms. The van der Waals surface area contributed by atoms with Gasteiger partial charge in [-0.2, -0.15) is 0 Å². The summed E-state index contributed by atoms with van der Waals surface area (Å²) in [6, 6.07) is 10.6. The first kappa shape index (κ1) is 16.1. The molecule has 3 nitrogen and oxygen atoms in total. The third-order valence-corrected chi connectivity index (χ3v) is 3.81. The van der Waals surface area contributed by atoms with E-state index >= 15 is 0 Å². The maximum absolute atomic E-state index is 12.6. The number of hydrogen-bond acceptors (Lipinski definition) is 2. The number of benzene rings is 2. The number of hydrogen-bond donors (Lipinski definition) is 1. The summed E-state index contributed by atoms with van der Waals surface area (Å²) in [5.41, 5.74) is 2.46. The zero-order chi connectivity index (χ0) is 17.3. The second-order valence-electron chi connectivity index (χ2n) is 5.38. The summed E-state index contributed by atoms with van der Waals surface area (Å²) >= 11 is 0. The first-order valence-electron chi connectivity index (χ1n) is 7.27. The number of allylic oxidation sites excluding steroid dienone is 1. The Labute approximate surface area is 136 Å². The number of aryl methyl sites for hydroxylation is 1. The molecular weight excluding hydrogens is 321 g/mol. The van der Waals surface area contributed by atoms with E-state index in [1.54, 1.807) is 12.1 Å². The van der Waals surface area contributed by atoms with Crippen molar-refractivity contribution in [1.82, 2.24) is 0 Å². The number of alkyl halides is 3. The van der Waals surface area contributed by atoms with Crippen LogP contribution >= 0.6 is 0 Å². The van der Waals surface area contributed by atoms with E-state index in [0.29, 0.717) is 29.5 Å². The minimum absolute atomic E-state index is 0.0933. The molecule has 3 rings (SSSR count). The normalized spacial score (nSPS) is 13.9. The Kier molecular flexibility index (Phi) is 4.05. The van der Waals surface area contributed by atoms with Gasteiger partial charge in [-0.1, -0.05) is 30.3 Å². The molecular formula is C18H13F3O3. The highest BCUT2D eigenvalue weighted by Crippen LogP contribution is 2.38. The molecule has 0 atom stereocenters. The molecule has 0 aromatic heterocycles. The van der Waals surface area contributed by atoms with E-state index in [1.165, 1.54) is 30.3 Å². The third kappa shape index (κ3) is 3.27. The number of rotatable bonds is 3. The van der Waals surface area contributed by atoms with Crippen LogP contribution in [-0.4, -0.2) is 17.4 Å². The molecule has 6 heteroatoms. The van der Waals surface area contributed by atoms with E-state index in [2.05, 4.69) is 4.74 Å². The van der Waals surface area contributed by atoms with Crippen LogP contribution in [0.3, 0.4) is 0 Å². The van der Waals surface area contributed by atoms with Crippen LogP contribution in [-0.2, 0) is 6.42 Å². The fourth-order valence-electron chi connectivity index (χ4n) is 2.82. The van der Waals surface area contributed by atoms with Gasteiger partial charge in [-0.25, -0.2) is 4.79 Å². The summed E-state index contributed by atoms with van der Waals surface area (Å²) in [5, 5.41) is 9.16. The molecule has 0 fully saturated rings. The molecule has 2 aromatic rings. The quantitative estimate of drug-likeness (QED) is 0.888. The second kappa shape index (κ2) is 6.03.